The molecule has 9 heteroatoms. The van der Waals surface area contributed by atoms with Crippen LogP contribution in [0.4, 0.5) is 4.79 Å². The van der Waals surface area contributed by atoms with E-state index in [1.165, 1.54) is 4.90 Å². The van der Waals surface area contributed by atoms with E-state index in [-0.39, 0.29) is 5.91 Å². The van der Waals surface area contributed by atoms with Gasteiger partial charge in [-0.1, -0.05) is 29.8 Å². The third-order valence-corrected chi connectivity index (χ3v) is 4.75. The largest absolute Gasteiger partial charge is 0.444 e. The normalized spacial score (nSPS) is 13.9. The molecule has 0 saturated carbocycles. The first-order valence-corrected chi connectivity index (χ1v) is 11.7. The summed E-state index contributed by atoms with van der Waals surface area (Å²) < 4.78 is 5.28. The molecule has 1 aromatic carbocycles. The molecule has 0 saturated heterocycles. The molecule has 0 heterocycles. The average Bonchev–Trinajstić information content (AvgIpc) is 2.61. The van der Waals surface area contributed by atoms with Crippen molar-refractivity contribution in [2.75, 3.05) is 0 Å². The van der Waals surface area contributed by atoms with Crippen LogP contribution in [0.25, 0.3) is 0 Å². The first-order valence-electron chi connectivity index (χ1n) is 11.7. The highest BCUT2D eigenvalue weighted by Crippen LogP contribution is 2.31. The summed E-state index contributed by atoms with van der Waals surface area (Å²) in [6, 6.07) is 4.95. The number of alkyl carbamates (subject to hydrolysis) is 1. The molecule has 4 N–H and O–H groups in total. The van der Waals surface area contributed by atoms with Crippen molar-refractivity contribution < 1.29 is 23.9 Å². The maximum Gasteiger partial charge on any atom is 0.408 e. The van der Waals surface area contributed by atoms with Crippen LogP contribution in [0.15, 0.2) is 24.3 Å². The molecule has 0 spiro atoms. The molecule has 1 rings (SSSR count). The van der Waals surface area contributed by atoms with Crippen LogP contribution in [0.5, 0.6) is 0 Å². The lowest BCUT2D eigenvalue weighted by Gasteiger charge is -2.43. The molecular weight excluding hydrogens is 448 g/mol. The summed E-state index contributed by atoms with van der Waals surface area (Å²) >= 11 is 0. The minimum atomic E-state index is -1.32. The molecule has 2 atom stereocenters. The quantitative estimate of drug-likeness (QED) is 0.539. The lowest BCUT2D eigenvalue weighted by atomic mass is 9.93. The number of hydrogen-bond acceptors (Lipinski definition) is 5. The number of nitrogens with one attached hydrogen (secondary N) is 2. The highest BCUT2D eigenvalue weighted by molar-refractivity contribution is 5.95. The molecule has 9 nitrogen and oxygen atoms in total. The number of primary amides is 1. The fraction of sp³-hybridized carbons (Fsp3) is 0.615. The van der Waals surface area contributed by atoms with Crippen molar-refractivity contribution in [1.29, 1.82) is 0 Å². The summed E-state index contributed by atoms with van der Waals surface area (Å²) in [7, 11) is 0. The highest BCUT2D eigenvalue weighted by Gasteiger charge is 2.42. The van der Waals surface area contributed by atoms with Crippen LogP contribution in [0.2, 0.25) is 0 Å². The van der Waals surface area contributed by atoms with Crippen molar-refractivity contribution in [2.45, 2.75) is 104 Å². The van der Waals surface area contributed by atoms with Crippen LogP contribution in [0.3, 0.4) is 0 Å². The molecule has 196 valence electrons. The van der Waals surface area contributed by atoms with E-state index in [1.54, 1.807) is 53.7 Å². The Balaban J connectivity index is 3.59. The summed E-state index contributed by atoms with van der Waals surface area (Å²) in [6.07, 6.45) is -1.32. The number of aryl methyl sites for hydroxylation is 1. The summed E-state index contributed by atoms with van der Waals surface area (Å²) in [5.41, 5.74) is 4.75. The molecule has 0 aliphatic heterocycles. The first-order chi connectivity index (χ1) is 15.7. The summed E-state index contributed by atoms with van der Waals surface area (Å²) in [4.78, 5) is 53.2. The van der Waals surface area contributed by atoms with Crippen molar-refractivity contribution in [3.8, 4) is 0 Å². The third kappa shape index (κ3) is 9.96. The van der Waals surface area contributed by atoms with Gasteiger partial charge in [0.2, 0.25) is 17.7 Å². The Hall–Kier alpha value is -3.10. The van der Waals surface area contributed by atoms with Crippen LogP contribution in [0, 0.1) is 6.92 Å². The molecule has 0 radical (unpaired) electrons. The minimum Gasteiger partial charge on any atom is -0.444 e. The van der Waals surface area contributed by atoms with Crippen LogP contribution in [0.1, 0.15) is 85.9 Å². The topological polar surface area (TPSA) is 131 Å². The van der Waals surface area contributed by atoms with Gasteiger partial charge in [0.1, 0.15) is 17.7 Å². The van der Waals surface area contributed by atoms with Crippen LogP contribution in [-0.2, 0) is 19.1 Å². The van der Waals surface area contributed by atoms with Gasteiger partial charge in [0.05, 0.1) is 6.42 Å². The number of carbonyl (C=O) groups is 4. The van der Waals surface area contributed by atoms with Crippen LogP contribution >= 0.6 is 0 Å². The number of amides is 4. The van der Waals surface area contributed by atoms with Gasteiger partial charge in [-0.25, -0.2) is 4.79 Å². The second-order valence-electron chi connectivity index (χ2n) is 11.8. The van der Waals surface area contributed by atoms with Crippen LogP contribution < -0.4 is 16.4 Å². The molecule has 0 fully saturated rings. The Morgan fingerprint density at radius 3 is 1.86 bits per heavy atom. The van der Waals surface area contributed by atoms with E-state index < -0.39 is 53.1 Å². The first kappa shape index (κ1) is 29.9. The number of hydrogen-bond donors (Lipinski definition) is 3. The second-order valence-corrected chi connectivity index (χ2v) is 11.8. The predicted molar refractivity (Wildman–Crippen MR) is 135 cm³/mol. The SMILES string of the molecule is Cc1ccc(C(C(=O)NC(C)(C)C)N(C(=O)C(CC(N)=O)NC(=O)OC(C)(C)C)C(C)(C)C)cc1. The summed E-state index contributed by atoms with van der Waals surface area (Å²) in [5, 5.41) is 5.43. The van der Waals surface area contributed by atoms with Gasteiger partial charge in [-0.2, -0.15) is 0 Å². The Morgan fingerprint density at radius 1 is 0.943 bits per heavy atom. The monoisotopic (exact) mass is 490 g/mol. The Labute approximate surface area is 209 Å². The zero-order chi connectivity index (χ0) is 27.4. The molecule has 4 amide bonds. The smallest absolute Gasteiger partial charge is 0.408 e. The Bertz CT molecular complexity index is 921. The van der Waals surface area contributed by atoms with E-state index in [4.69, 9.17) is 10.5 Å². The number of rotatable bonds is 7. The fourth-order valence-electron chi connectivity index (χ4n) is 3.47. The zero-order valence-corrected chi connectivity index (χ0v) is 22.7. The van der Waals surface area contributed by atoms with Gasteiger partial charge >= 0.3 is 6.09 Å². The fourth-order valence-corrected chi connectivity index (χ4v) is 3.47. The lowest BCUT2D eigenvalue weighted by molar-refractivity contribution is -0.149. The van der Waals surface area contributed by atoms with E-state index >= 15 is 0 Å². The van der Waals surface area contributed by atoms with Crippen molar-refractivity contribution in [3.63, 3.8) is 0 Å². The van der Waals surface area contributed by atoms with Crippen LogP contribution in [-0.4, -0.2) is 51.4 Å². The molecule has 0 bridgehead atoms. The Morgan fingerprint density at radius 2 is 1.46 bits per heavy atom. The van der Waals surface area contributed by atoms with Gasteiger partial charge in [-0.05, 0) is 74.8 Å². The standard InChI is InChI=1S/C26H42N4O5/c1-16-11-13-17(14-12-16)20(21(32)29-24(2,3)4)30(25(5,6)7)22(33)18(15-19(27)31)28-23(34)35-26(8,9)10/h11-14,18,20H,15H2,1-10H3,(H2,27,31)(H,28,34)(H,29,32). The van der Waals surface area contributed by atoms with Gasteiger partial charge in [0, 0.05) is 11.1 Å². The van der Waals surface area contributed by atoms with E-state index in [9.17, 15) is 19.2 Å². The van der Waals surface area contributed by atoms with E-state index in [2.05, 4.69) is 10.6 Å². The minimum absolute atomic E-state index is 0.389. The van der Waals surface area contributed by atoms with Crippen molar-refractivity contribution in [3.05, 3.63) is 35.4 Å². The number of carbonyl (C=O) groups excluding carboxylic acids is 4. The number of benzene rings is 1. The number of nitrogens with two attached hydrogens (primary N) is 1. The molecule has 35 heavy (non-hydrogen) atoms. The summed E-state index contributed by atoms with van der Waals surface area (Å²) in [6.45, 7) is 17.9. The van der Waals surface area contributed by atoms with E-state index in [1.807, 2.05) is 39.8 Å². The van der Waals surface area contributed by atoms with Crippen molar-refractivity contribution in [1.82, 2.24) is 15.5 Å². The second kappa shape index (κ2) is 11.1. The van der Waals surface area contributed by atoms with Gasteiger partial charge in [-0.3, -0.25) is 14.4 Å². The van der Waals surface area contributed by atoms with Crippen molar-refractivity contribution in [2.24, 2.45) is 5.73 Å². The molecular formula is C26H42N4O5. The van der Waals surface area contributed by atoms with E-state index in [0.29, 0.717) is 5.56 Å². The molecule has 1 aromatic rings. The molecule has 0 aliphatic carbocycles. The zero-order valence-electron chi connectivity index (χ0n) is 22.7. The van der Waals surface area contributed by atoms with E-state index in [0.717, 1.165) is 5.56 Å². The lowest BCUT2D eigenvalue weighted by Crippen LogP contribution is -2.60. The third-order valence-electron chi connectivity index (χ3n) is 4.75. The maximum atomic E-state index is 13.9. The molecule has 2 unspecified atom stereocenters. The molecule has 0 aliphatic rings. The number of nitrogens with zero attached hydrogens (tertiary/aromatic N) is 1. The van der Waals surface area contributed by atoms with Gasteiger partial charge in [0.25, 0.3) is 0 Å². The predicted octanol–water partition coefficient (Wildman–Crippen LogP) is 3.35. The highest BCUT2D eigenvalue weighted by atomic mass is 16.6. The summed E-state index contributed by atoms with van der Waals surface area (Å²) in [5.74, 6) is -1.80. The van der Waals surface area contributed by atoms with Gasteiger partial charge in [0.15, 0.2) is 0 Å². The van der Waals surface area contributed by atoms with Gasteiger partial charge < -0.3 is 26.0 Å². The number of ether oxygens (including phenoxy) is 1. The van der Waals surface area contributed by atoms with Gasteiger partial charge in [-0.15, -0.1) is 0 Å². The Kier molecular flexibility index (Phi) is 9.49. The average molecular weight is 491 g/mol. The van der Waals surface area contributed by atoms with Crippen molar-refractivity contribution >= 4 is 23.8 Å². The maximum absolute atomic E-state index is 13.9. The molecule has 0 aromatic heterocycles.